The van der Waals surface area contributed by atoms with Gasteiger partial charge in [0.15, 0.2) is 0 Å². The molecule has 1 heterocycles. The summed E-state index contributed by atoms with van der Waals surface area (Å²) in [5.41, 5.74) is 1.18. The van der Waals surface area contributed by atoms with Crippen molar-refractivity contribution in [1.29, 1.82) is 0 Å². The van der Waals surface area contributed by atoms with Crippen molar-refractivity contribution < 1.29 is 9.46 Å². The van der Waals surface area contributed by atoms with Gasteiger partial charge in [-0.3, -0.25) is 4.57 Å². The fraction of sp³-hybridized carbons (Fsp3) is 0.667. The van der Waals surface area contributed by atoms with Gasteiger partial charge in [-0.2, -0.15) is 11.3 Å². The molecule has 0 radical (unpaired) electrons. The van der Waals surface area contributed by atoms with Gasteiger partial charge in [-0.1, -0.05) is 26.7 Å². The van der Waals surface area contributed by atoms with Gasteiger partial charge in [0.05, 0.1) is 0 Å². The molecule has 2 nitrogen and oxygen atoms in total. The summed E-state index contributed by atoms with van der Waals surface area (Å²) in [7, 11) is -2.91. The van der Waals surface area contributed by atoms with Gasteiger partial charge in [-0.25, -0.2) is 0 Å². The summed E-state index contributed by atoms with van der Waals surface area (Å²) in [6.45, 7) is 4.18. The van der Waals surface area contributed by atoms with Crippen LogP contribution in [-0.4, -0.2) is 17.2 Å². The zero-order valence-electron chi connectivity index (χ0n) is 10.1. The molecule has 1 aromatic heterocycles. The molecule has 0 aliphatic carbocycles. The van der Waals surface area contributed by atoms with Gasteiger partial charge in [0.1, 0.15) is 0 Å². The van der Waals surface area contributed by atoms with Crippen LogP contribution >= 0.6 is 18.7 Å². The van der Waals surface area contributed by atoms with E-state index in [-0.39, 0.29) is 0 Å². The average molecular weight is 260 g/mol. The summed E-state index contributed by atoms with van der Waals surface area (Å²) in [5, 5.41) is 4.06. The van der Waals surface area contributed by atoms with E-state index < -0.39 is 7.37 Å². The second kappa shape index (κ2) is 6.58. The molecule has 0 amide bonds. The summed E-state index contributed by atoms with van der Waals surface area (Å²) in [5.74, 6) is 0.364. The zero-order chi connectivity index (χ0) is 12.0. The van der Waals surface area contributed by atoms with E-state index in [1.54, 1.807) is 11.3 Å². The molecular formula is C12H21O2PS. The van der Waals surface area contributed by atoms with Crippen LogP contribution in [0.25, 0.3) is 0 Å². The normalized spacial score (nSPS) is 16.9. The van der Waals surface area contributed by atoms with Crippen LogP contribution in [0, 0.1) is 5.92 Å². The lowest BCUT2D eigenvalue weighted by Crippen LogP contribution is -2.05. The first kappa shape index (κ1) is 14.0. The summed E-state index contributed by atoms with van der Waals surface area (Å²) >= 11 is 1.64. The first-order valence-electron chi connectivity index (χ1n) is 5.85. The molecule has 0 bridgehead atoms. The zero-order valence-corrected chi connectivity index (χ0v) is 11.8. The maximum atomic E-state index is 12.0. The van der Waals surface area contributed by atoms with E-state index in [1.807, 2.05) is 11.4 Å². The Labute approximate surface area is 102 Å². The lowest BCUT2D eigenvalue weighted by molar-refractivity contribution is 0.457. The quantitative estimate of drug-likeness (QED) is 0.752. The SMILES string of the molecule is CCCC(C)CP(=O)(O)CCc1ccsc1. The van der Waals surface area contributed by atoms with Gasteiger partial charge in [0, 0.05) is 12.3 Å². The van der Waals surface area contributed by atoms with Crippen molar-refractivity contribution in [3.8, 4) is 0 Å². The lowest BCUT2D eigenvalue weighted by Gasteiger charge is -2.16. The Hall–Kier alpha value is -0.110. The van der Waals surface area contributed by atoms with Crippen molar-refractivity contribution in [2.24, 2.45) is 5.92 Å². The molecule has 1 aromatic rings. The van der Waals surface area contributed by atoms with Crippen LogP contribution in [0.2, 0.25) is 0 Å². The van der Waals surface area contributed by atoms with E-state index >= 15 is 0 Å². The third-order valence-corrected chi connectivity index (χ3v) is 5.56. The highest BCUT2D eigenvalue weighted by atomic mass is 32.1. The Bertz CT molecular complexity index is 335. The second-order valence-electron chi connectivity index (χ2n) is 4.53. The molecule has 0 spiro atoms. The Morgan fingerprint density at radius 1 is 1.56 bits per heavy atom. The molecule has 92 valence electrons. The topological polar surface area (TPSA) is 37.3 Å². The van der Waals surface area contributed by atoms with Crippen molar-refractivity contribution in [3.63, 3.8) is 0 Å². The number of hydrogen-bond donors (Lipinski definition) is 1. The third-order valence-electron chi connectivity index (χ3n) is 2.71. The van der Waals surface area contributed by atoms with E-state index in [4.69, 9.17) is 0 Å². The largest absolute Gasteiger partial charge is 0.344 e. The molecule has 1 rings (SSSR count). The maximum absolute atomic E-state index is 12.0. The van der Waals surface area contributed by atoms with Crippen LogP contribution in [0.15, 0.2) is 16.8 Å². The minimum Gasteiger partial charge on any atom is -0.344 e. The highest BCUT2D eigenvalue weighted by molar-refractivity contribution is 7.58. The van der Waals surface area contributed by atoms with E-state index in [0.717, 1.165) is 19.3 Å². The van der Waals surface area contributed by atoms with E-state index in [1.165, 1.54) is 5.56 Å². The van der Waals surface area contributed by atoms with Crippen LogP contribution in [0.5, 0.6) is 0 Å². The van der Waals surface area contributed by atoms with Crippen LogP contribution in [0.1, 0.15) is 32.3 Å². The Morgan fingerprint density at radius 2 is 2.31 bits per heavy atom. The van der Waals surface area contributed by atoms with Crippen molar-refractivity contribution >= 4 is 18.7 Å². The molecule has 0 fully saturated rings. The predicted molar refractivity (Wildman–Crippen MR) is 71.7 cm³/mol. The van der Waals surface area contributed by atoms with E-state index in [9.17, 15) is 9.46 Å². The summed E-state index contributed by atoms with van der Waals surface area (Å²) in [6, 6.07) is 2.03. The molecular weight excluding hydrogens is 239 g/mol. The molecule has 2 unspecified atom stereocenters. The molecule has 0 aromatic carbocycles. The molecule has 2 atom stereocenters. The van der Waals surface area contributed by atoms with Gasteiger partial charge in [-0.15, -0.1) is 0 Å². The van der Waals surface area contributed by atoms with Gasteiger partial charge in [0.2, 0.25) is 7.37 Å². The second-order valence-corrected chi connectivity index (χ2v) is 7.81. The fourth-order valence-electron chi connectivity index (χ4n) is 1.90. The fourth-order valence-corrected chi connectivity index (χ4v) is 4.55. The third kappa shape index (κ3) is 5.29. The van der Waals surface area contributed by atoms with Crippen molar-refractivity contribution in [1.82, 2.24) is 0 Å². The van der Waals surface area contributed by atoms with Crippen LogP contribution in [0.4, 0.5) is 0 Å². The maximum Gasteiger partial charge on any atom is 0.201 e. The molecule has 1 N–H and O–H groups in total. The van der Waals surface area contributed by atoms with Crippen molar-refractivity contribution in [3.05, 3.63) is 22.4 Å². The molecule has 4 heteroatoms. The molecule has 0 saturated carbocycles. The molecule has 0 aliphatic heterocycles. The number of hydrogen-bond acceptors (Lipinski definition) is 2. The monoisotopic (exact) mass is 260 g/mol. The minimum absolute atomic E-state index is 0.364. The highest BCUT2D eigenvalue weighted by Crippen LogP contribution is 2.43. The summed E-state index contributed by atoms with van der Waals surface area (Å²) in [6.07, 6.45) is 3.77. The van der Waals surface area contributed by atoms with E-state index in [2.05, 4.69) is 19.2 Å². The molecule has 16 heavy (non-hydrogen) atoms. The Morgan fingerprint density at radius 3 is 2.88 bits per heavy atom. The number of aryl methyl sites for hydroxylation is 1. The van der Waals surface area contributed by atoms with E-state index in [0.29, 0.717) is 18.2 Å². The summed E-state index contributed by atoms with van der Waals surface area (Å²) in [4.78, 5) is 9.87. The number of thiophene rings is 1. The first-order chi connectivity index (χ1) is 7.53. The van der Waals surface area contributed by atoms with Crippen LogP contribution in [0.3, 0.4) is 0 Å². The minimum atomic E-state index is -2.91. The van der Waals surface area contributed by atoms with Gasteiger partial charge >= 0.3 is 0 Å². The summed E-state index contributed by atoms with van der Waals surface area (Å²) < 4.78 is 12.0. The standard InChI is InChI=1S/C12H21O2PS/c1-3-4-11(2)9-15(13,14)7-5-12-6-8-16-10-12/h6,8,10-11H,3-5,7,9H2,1-2H3,(H,13,14). The van der Waals surface area contributed by atoms with Crippen molar-refractivity contribution in [2.75, 3.05) is 12.3 Å². The van der Waals surface area contributed by atoms with Gasteiger partial charge in [0.25, 0.3) is 0 Å². The smallest absolute Gasteiger partial charge is 0.201 e. The average Bonchev–Trinajstić information content (AvgIpc) is 2.66. The molecule has 0 saturated heterocycles. The first-order valence-corrected chi connectivity index (χ1v) is 8.82. The van der Waals surface area contributed by atoms with Crippen molar-refractivity contribution in [2.45, 2.75) is 33.1 Å². The Kier molecular flexibility index (Phi) is 5.74. The van der Waals surface area contributed by atoms with Gasteiger partial charge < -0.3 is 4.89 Å². The Balaban J connectivity index is 2.36. The lowest BCUT2D eigenvalue weighted by atomic mass is 10.1. The highest BCUT2D eigenvalue weighted by Gasteiger charge is 2.21. The number of rotatable bonds is 7. The van der Waals surface area contributed by atoms with Crippen LogP contribution in [-0.2, 0) is 11.0 Å². The van der Waals surface area contributed by atoms with Crippen LogP contribution < -0.4 is 0 Å². The predicted octanol–water partition coefficient (Wildman–Crippen LogP) is 4.00. The van der Waals surface area contributed by atoms with Gasteiger partial charge in [-0.05, 0) is 34.7 Å². The molecule has 0 aliphatic rings.